The van der Waals surface area contributed by atoms with Gasteiger partial charge in [-0.05, 0) is 18.6 Å². The van der Waals surface area contributed by atoms with Gasteiger partial charge in [0.25, 0.3) is 0 Å². The summed E-state index contributed by atoms with van der Waals surface area (Å²) in [6, 6.07) is 7.90. The molecule has 0 spiro atoms. The molecule has 0 bridgehead atoms. The van der Waals surface area contributed by atoms with Crippen molar-refractivity contribution < 1.29 is 0 Å². The maximum Gasteiger partial charge on any atom is 0.138 e. The fourth-order valence-corrected chi connectivity index (χ4v) is 3.25. The number of hydrogen-bond donors (Lipinski definition) is 1. The van der Waals surface area contributed by atoms with Crippen molar-refractivity contribution in [1.29, 1.82) is 0 Å². The van der Waals surface area contributed by atoms with Gasteiger partial charge >= 0.3 is 0 Å². The molecule has 0 fully saturated rings. The summed E-state index contributed by atoms with van der Waals surface area (Å²) in [6.45, 7) is 2.12. The lowest BCUT2D eigenvalue weighted by molar-refractivity contribution is 0.534. The summed E-state index contributed by atoms with van der Waals surface area (Å²) in [5, 5.41) is 4.98. The molecular formula is C17H16Cl2N2. The molecule has 3 rings (SSSR count). The maximum absolute atomic E-state index is 6.82. The third kappa shape index (κ3) is 2.66. The molecule has 2 nitrogen and oxygen atoms in total. The number of hydrogen-bond acceptors (Lipinski definition) is 2. The molecule has 2 unspecified atom stereocenters. The molecule has 4 heteroatoms. The van der Waals surface area contributed by atoms with Gasteiger partial charge in [0.15, 0.2) is 0 Å². The van der Waals surface area contributed by atoms with E-state index >= 15 is 0 Å². The minimum atomic E-state index is -0.669. The molecule has 0 saturated heterocycles. The second-order valence-electron chi connectivity index (χ2n) is 5.15. The normalized spacial score (nSPS) is 24.4. The Morgan fingerprint density at radius 2 is 2.10 bits per heavy atom. The predicted molar refractivity (Wildman–Crippen MR) is 91.0 cm³/mol. The molecule has 0 aliphatic heterocycles. The molecule has 21 heavy (non-hydrogen) atoms. The molecule has 2 aromatic rings. The van der Waals surface area contributed by atoms with Crippen molar-refractivity contribution in [3.63, 3.8) is 0 Å². The van der Waals surface area contributed by atoms with E-state index in [1.165, 1.54) is 0 Å². The standard InChI is InChI=1S/C17H16Cl2N2/c1-2-12-7-5-6-10-17(12,19)21-16-13-8-3-4-9-15(13)20-11-14(16)18/h3-12H,2H2,1H3,(H,20,21). The molecule has 1 N–H and O–H groups in total. The smallest absolute Gasteiger partial charge is 0.138 e. The Kier molecular flexibility index (Phi) is 3.92. The zero-order valence-electron chi connectivity index (χ0n) is 11.7. The Labute approximate surface area is 134 Å². The number of benzene rings is 1. The second kappa shape index (κ2) is 5.70. The van der Waals surface area contributed by atoms with Crippen LogP contribution in [0.2, 0.25) is 5.02 Å². The lowest BCUT2D eigenvalue weighted by Crippen LogP contribution is -2.38. The predicted octanol–water partition coefficient (Wildman–Crippen LogP) is 5.39. The van der Waals surface area contributed by atoms with E-state index in [-0.39, 0.29) is 5.92 Å². The number of pyridine rings is 1. The van der Waals surface area contributed by atoms with Gasteiger partial charge in [-0.25, -0.2) is 0 Å². The highest BCUT2D eigenvalue weighted by molar-refractivity contribution is 6.35. The van der Waals surface area contributed by atoms with Crippen molar-refractivity contribution in [2.45, 2.75) is 18.3 Å². The zero-order valence-corrected chi connectivity index (χ0v) is 13.2. The number of allylic oxidation sites excluding steroid dienone is 2. The Bertz CT molecular complexity index is 724. The third-order valence-corrected chi connectivity index (χ3v) is 4.61. The first kappa shape index (κ1) is 14.4. The lowest BCUT2D eigenvalue weighted by atomic mass is 9.91. The number of aromatic nitrogens is 1. The highest BCUT2D eigenvalue weighted by atomic mass is 35.5. The average Bonchev–Trinajstić information content (AvgIpc) is 2.50. The summed E-state index contributed by atoms with van der Waals surface area (Å²) in [5.74, 6) is 0.201. The Morgan fingerprint density at radius 1 is 1.29 bits per heavy atom. The van der Waals surface area contributed by atoms with E-state index in [0.29, 0.717) is 5.02 Å². The minimum Gasteiger partial charge on any atom is -0.361 e. The van der Waals surface area contributed by atoms with Crippen molar-refractivity contribution >= 4 is 39.8 Å². The van der Waals surface area contributed by atoms with E-state index in [0.717, 1.165) is 23.0 Å². The fraction of sp³-hybridized carbons (Fsp3) is 0.235. The molecule has 1 heterocycles. The van der Waals surface area contributed by atoms with E-state index in [9.17, 15) is 0 Å². The highest BCUT2D eigenvalue weighted by Gasteiger charge is 2.33. The Balaban J connectivity index is 2.07. The van der Waals surface area contributed by atoms with Crippen molar-refractivity contribution in [3.8, 4) is 0 Å². The van der Waals surface area contributed by atoms with Crippen LogP contribution >= 0.6 is 23.2 Å². The monoisotopic (exact) mass is 318 g/mol. The molecule has 2 atom stereocenters. The summed E-state index contributed by atoms with van der Waals surface area (Å²) >= 11 is 13.2. The van der Waals surface area contributed by atoms with Gasteiger partial charge in [-0.3, -0.25) is 4.98 Å². The van der Waals surface area contributed by atoms with Crippen LogP contribution < -0.4 is 5.32 Å². The first-order valence-corrected chi connectivity index (χ1v) is 7.76. The van der Waals surface area contributed by atoms with Crippen LogP contribution in [0.1, 0.15) is 13.3 Å². The average molecular weight is 319 g/mol. The number of halogens is 2. The number of para-hydroxylation sites is 1. The Hall–Kier alpha value is -1.51. The molecule has 1 aliphatic rings. The van der Waals surface area contributed by atoms with Gasteiger partial charge in [-0.15, -0.1) is 0 Å². The molecule has 0 radical (unpaired) electrons. The highest BCUT2D eigenvalue weighted by Crippen LogP contribution is 2.39. The van der Waals surface area contributed by atoms with Gasteiger partial charge < -0.3 is 5.32 Å². The Morgan fingerprint density at radius 3 is 2.90 bits per heavy atom. The van der Waals surface area contributed by atoms with E-state index in [1.54, 1.807) is 6.20 Å². The van der Waals surface area contributed by atoms with Crippen molar-refractivity contribution in [3.05, 3.63) is 59.8 Å². The van der Waals surface area contributed by atoms with E-state index in [4.69, 9.17) is 23.2 Å². The molecular weight excluding hydrogens is 303 g/mol. The quantitative estimate of drug-likeness (QED) is 0.606. The number of anilines is 1. The number of rotatable bonds is 3. The minimum absolute atomic E-state index is 0.201. The summed E-state index contributed by atoms with van der Waals surface area (Å²) in [6.07, 6.45) is 10.7. The zero-order chi connectivity index (χ0) is 14.9. The number of fused-ring (bicyclic) bond motifs is 1. The topological polar surface area (TPSA) is 24.9 Å². The van der Waals surface area contributed by atoms with Crippen LogP contribution in [0.15, 0.2) is 54.8 Å². The van der Waals surface area contributed by atoms with Crippen LogP contribution in [0, 0.1) is 5.92 Å². The molecule has 1 aliphatic carbocycles. The van der Waals surface area contributed by atoms with Crippen molar-refractivity contribution in [2.24, 2.45) is 5.92 Å². The largest absolute Gasteiger partial charge is 0.361 e. The molecule has 1 aromatic carbocycles. The molecule has 108 valence electrons. The first-order chi connectivity index (χ1) is 10.1. The lowest BCUT2D eigenvalue weighted by Gasteiger charge is -2.34. The van der Waals surface area contributed by atoms with Gasteiger partial charge in [0.05, 0.1) is 16.2 Å². The van der Waals surface area contributed by atoms with E-state index < -0.39 is 5.00 Å². The second-order valence-corrected chi connectivity index (χ2v) is 6.18. The van der Waals surface area contributed by atoms with Crippen LogP contribution in [0.3, 0.4) is 0 Å². The van der Waals surface area contributed by atoms with Gasteiger partial charge in [-0.2, -0.15) is 0 Å². The molecule has 0 saturated carbocycles. The number of nitrogens with zero attached hydrogens (tertiary/aromatic N) is 1. The van der Waals surface area contributed by atoms with Crippen LogP contribution in [-0.4, -0.2) is 9.98 Å². The van der Waals surface area contributed by atoms with Crippen LogP contribution in [-0.2, 0) is 0 Å². The van der Waals surface area contributed by atoms with Crippen LogP contribution in [0.5, 0.6) is 0 Å². The maximum atomic E-state index is 6.82. The van der Waals surface area contributed by atoms with Crippen LogP contribution in [0.4, 0.5) is 5.69 Å². The first-order valence-electron chi connectivity index (χ1n) is 7.00. The van der Waals surface area contributed by atoms with Gasteiger partial charge in [0, 0.05) is 17.5 Å². The van der Waals surface area contributed by atoms with Gasteiger partial charge in [0.1, 0.15) is 5.00 Å². The summed E-state index contributed by atoms with van der Waals surface area (Å²) in [5.41, 5.74) is 1.73. The molecule has 0 amide bonds. The van der Waals surface area contributed by atoms with E-state index in [2.05, 4.69) is 23.3 Å². The number of alkyl halides is 1. The van der Waals surface area contributed by atoms with Crippen molar-refractivity contribution in [2.75, 3.05) is 5.32 Å². The van der Waals surface area contributed by atoms with Crippen LogP contribution in [0.25, 0.3) is 10.9 Å². The summed E-state index contributed by atoms with van der Waals surface area (Å²) in [7, 11) is 0. The van der Waals surface area contributed by atoms with E-state index in [1.807, 2.05) is 42.5 Å². The van der Waals surface area contributed by atoms with Gasteiger partial charge in [-0.1, -0.05) is 66.6 Å². The van der Waals surface area contributed by atoms with Crippen molar-refractivity contribution in [1.82, 2.24) is 4.98 Å². The van der Waals surface area contributed by atoms with Gasteiger partial charge in [0.2, 0.25) is 0 Å². The summed E-state index contributed by atoms with van der Waals surface area (Å²) < 4.78 is 0. The fourth-order valence-electron chi connectivity index (χ4n) is 2.66. The SMILES string of the molecule is CCC1C=CC=CC1(Cl)Nc1c(Cl)cnc2ccccc12. The molecule has 1 aromatic heterocycles. The third-order valence-electron chi connectivity index (χ3n) is 3.82. The number of nitrogens with one attached hydrogen (secondary N) is 1. The summed E-state index contributed by atoms with van der Waals surface area (Å²) in [4.78, 5) is 3.68.